The predicted octanol–water partition coefficient (Wildman–Crippen LogP) is 2.24. The van der Waals surface area contributed by atoms with E-state index in [1.54, 1.807) is 0 Å². The average molecular weight is 383 g/mol. The van der Waals surface area contributed by atoms with E-state index in [2.05, 4.69) is 69.7 Å². The molecule has 0 saturated carbocycles. The first-order chi connectivity index (χ1) is 13.6. The summed E-state index contributed by atoms with van der Waals surface area (Å²) < 4.78 is 4.51. The van der Waals surface area contributed by atoms with Crippen LogP contribution in [0, 0.1) is 0 Å². The summed E-state index contributed by atoms with van der Waals surface area (Å²) in [5, 5.41) is 8.45. The van der Waals surface area contributed by atoms with E-state index < -0.39 is 5.97 Å². The molecule has 28 heavy (non-hydrogen) atoms. The van der Waals surface area contributed by atoms with Crippen LogP contribution in [-0.2, 0) is 14.3 Å². The molecule has 6 nitrogen and oxygen atoms in total. The third-order valence-corrected chi connectivity index (χ3v) is 5.56. The number of carbonyl (C=O) groups is 2. The summed E-state index contributed by atoms with van der Waals surface area (Å²) in [6, 6.07) is 15.7. The summed E-state index contributed by atoms with van der Waals surface area (Å²) in [7, 11) is 1.31. The van der Waals surface area contributed by atoms with Crippen LogP contribution in [0.2, 0.25) is 0 Å². The summed E-state index contributed by atoms with van der Waals surface area (Å²) in [5.41, 5.74) is 1.37. The van der Waals surface area contributed by atoms with E-state index in [1.807, 2.05) is 0 Å². The highest BCUT2D eigenvalue weighted by molar-refractivity contribution is 5.86. The summed E-state index contributed by atoms with van der Waals surface area (Å²) in [6.45, 7) is 4.39. The zero-order valence-corrected chi connectivity index (χ0v) is 16.6. The van der Waals surface area contributed by atoms with Crippen molar-refractivity contribution in [3.8, 4) is 0 Å². The van der Waals surface area contributed by atoms with Crippen molar-refractivity contribution >= 4 is 22.6 Å². The molecular weight excluding hydrogens is 354 g/mol. The van der Waals surface area contributed by atoms with Crippen LogP contribution in [0.15, 0.2) is 42.5 Å². The average Bonchev–Trinajstić information content (AvgIpc) is 2.75. The van der Waals surface area contributed by atoms with E-state index in [0.29, 0.717) is 12.1 Å². The standard InChI is InChI=1S/C22H29N3O3/c1-16(19-9-5-7-17-6-3-4-8-20(17)19)25-12-10-18(11-13-25)23-14-21(26)24-15-22(27)28-2/h3-9,16,18,23H,10-15H2,1-2H3,(H,24,26)/t16-/m1/s1. The van der Waals surface area contributed by atoms with Gasteiger partial charge in [0.15, 0.2) is 0 Å². The number of fused-ring (bicyclic) bond motifs is 1. The molecule has 1 saturated heterocycles. The van der Waals surface area contributed by atoms with Crippen molar-refractivity contribution in [2.45, 2.75) is 31.8 Å². The number of ether oxygens (including phenoxy) is 1. The molecule has 2 aromatic carbocycles. The van der Waals surface area contributed by atoms with E-state index in [9.17, 15) is 9.59 Å². The van der Waals surface area contributed by atoms with Gasteiger partial charge in [-0.05, 0) is 36.1 Å². The van der Waals surface area contributed by atoms with E-state index in [-0.39, 0.29) is 19.0 Å². The molecule has 2 aromatic rings. The van der Waals surface area contributed by atoms with Gasteiger partial charge in [0.2, 0.25) is 5.91 Å². The Labute approximate surface area is 166 Å². The van der Waals surface area contributed by atoms with Crippen LogP contribution < -0.4 is 10.6 Å². The second-order valence-corrected chi connectivity index (χ2v) is 7.29. The number of nitrogens with one attached hydrogen (secondary N) is 2. The van der Waals surface area contributed by atoms with Crippen molar-refractivity contribution < 1.29 is 14.3 Å². The SMILES string of the molecule is COC(=O)CNC(=O)CNC1CCN([C@H](C)c2cccc3ccccc23)CC1. The third kappa shape index (κ3) is 5.09. The van der Waals surface area contributed by atoms with E-state index in [4.69, 9.17) is 0 Å². The monoisotopic (exact) mass is 383 g/mol. The van der Waals surface area contributed by atoms with Crippen LogP contribution in [0.3, 0.4) is 0 Å². The van der Waals surface area contributed by atoms with E-state index in [1.165, 1.54) is 23.4 Å². The zero-order valence-electron chi connectivity index (χ0n) is 16.6. The predicted molar refractivity (Wildman–Crippen MR) is 110 cm³/mol. The van der Waals surface area contributed by atoms with Gasteiger partial charge in [0.25, 0.3) is 0 Å². The summed E-state index contributed by atoms with van der Waals surface area (Å²) in [5.74, 6) is -0.624. The highest BCUT2D eigenvalue weighted by Gasteiger charge is 2.24. The fourth-order valence-corrected chi connectivity index (χ4v) is 3.84. The van der Waals surface area contributed by atoms with Crippen LogP contribution >= 0.6 is 0 Å². The molecular formula is C22H29N3O3. The minimum Gasteiger partial charge on any atom is -0.468 e. The summed E-state index contributed by atoms with van der Waals surface area (Å²) in [6.07, 6.45) is 2.00. The topological polar surface area (TPSA) is 70.7 Å². The van der Waals surface area contributed by atoms with Gasteiger partial charge in [0.05, 0.1) is 13.7 Å². The highest BCUT2D eigenvalue weighted by Crippen LogP contribution is 2.29. The Balaban J connectivity index is 1.48. The maximum absolute atomic E-state index is 11.8. The lowest BCUT2D eigenvalue weighted by atomic mass is 9.96. The minimum absolute atomic E-state index is 0.0853. The molecule has 0 unspecified atom stereocenters. The number of benzene rings is 2. The second kappa shape index (κ2) is 9.66. The number of esters is 1. The van der Waals surface area contributed by atoms with Crippen LogP contribution in [0.25, 0.3) is 10.8 Å². The van der Waals surface area contributed by atoms with Crippen LogP contribution in [-0.4, -0.2) is 56.1 Å². The number of rotatable bonds is 7. The molecule has 1 atom stereocenters. The molecule has 1 heterocycles. The number of amides is 1. The van der Waals surface area contributed by atoms with E-state index in [0.717, 1.165) is 25.9 Å². The molecule has 1 aliphatic rings. The van der Waals surface area contributed by atoms with Gasteiger partial charge in [-0.1, -0.05) is 42.5 Å². The summed E-state index contributed by atoms with van der Waals surface area (Å²) in [4.78, 5) is 25.4. The largest absolute Gasteiger partial charge is 0.468 e. The molecule has 0 aliphatic carbocycles. The van der Waals surface area contributed by atoms with Gasteiger partial charge >= 0.3 is 5.97 Å². The quantitative estimate of drug-likeness (QED) is 0.718. The van der Waals surface area contributed by atoms with Crippen molar-refractivity contribution in [2.24, 2.45) is 0 Å². The number of hydrogen-bond acceptors (Lipinski definition) is 5. The first-order valence-corrected chi connectivity index (χ1v) is 9.87. The first kappa shape index (κ1) is 20.3. The number of carbonyl (C=O) groups excluding carboxylic acids is 2. The Bertz CT molecular complexity index is 810. The normalized spacial score (nSPS) is 16.6. The van der Waals surface area contributed by atoms with Gasteiger partial charge in [-0.15, -0.1) is 0 Å². The lowest BCUT2D eigenvalue weighted by Gasteiger charge is -2.37. The number of methoxy groups -OCH3 is 1. The van der Waals surface area contributed by atoms with E-state index >= 15 is 0 Å². The Kier molecular flexibility index (Phi) is 7.01. The fourth-order valence-electron chi connectivity index (χ4n) is 3.84. The lowest BCUT2D eigenvalue weighted by Crippen LogP contribution is -2.46. The van der Waals surface area contributed by atoms with Crippen molar-refractivity contribution in [2.75, 3.05) is 33.3 Å². The van der Waals surface area contributed by atoms with Gasteiger partial charge in [-0.2, -0.15) is 0 Å². The number of hydrogen-bond donors (Lipinski definition) is 2. The molecule has 1 fully saturated rings. The Hall–Kier alpha value is -2.44. The molecule has 0 spiro atoms. The van der Waals surface area contributed by atoms with Gasteiger partial charge < -0.3 is 15.4 Å². The Morgan fingerprint density at radius 3 is 2.57 bits per heavy atom. The van der Waals surface area contributed by atoms with Crippen molar-refractivity contribution in [3.05, 3.63) is 48.0 Å². The first-order valence-electron chi connectivity index (χ1n) is 9.87. The number of piperidine rings is 1. The fraction of sp³-hybridized carbons (Fsp3) is 0.455. The molecule has 0 aromatic heterocycles. The van der Waals surface area contributed by atoms with Crippen LogP contribution in [0.1, 0.15) is 31.4 Å². The summed E-state index contributed by atoms with van der Waals surface area (Å²) >= 11 is 0. The Morgan fingerprint density at radius 1 is 1.11 bits per heavy atom. The molecule has 1 aliphatic heterocycles. The molecule has 1 amide bonds. The maximum atomic E-state index is 11.8. The van der Waals surface area contributed by atoms with Crippen molar-refractivity contribution in [3.63, 3.8) is 0 Å². The van der Waals surface area contributed by atoms with Gasteiger partial charge in [-0.25, -0.2) is 0 Å². The minimum atomic E-state index is -0.441. The highest BCUT2D eigenvalue weighted by atomic mass is 16.5. The molecule has 6 heteroatoms. The Morgan fingerprint density at radius 2 is 1.82 bits per heavy atom. The molecule has 0 radical (unpaired) electrons. The molecule has 0 bridgehead atoms. The zero-order chi connectivity index (χ0) is 19.9. The maximum Gasteiger partial charge on any atom is 0.325 e. The molecule has 3 rings (SSSR count). The lowest BCUT2D eigenvalue weighted by molar-refractivity contribution is -0.141. The van der Waals surface area contributed by atoms with Gasteiger partial charge in [-0.3, -0.25) is 14.5 Å². The third-order valence-electron chi connectivity index (χ3n) is 5.56. The smallest absolute Gasteiger partial charge is 0.325 e. The molecule has 2 N–H and O–H groups in total. The van der Waals surface area contributed by atoms with Crippen molar-refractivity contribution in [1.29, 1.82) is 0 Å². The van der Waals surface area contributed by atoms with Crippen LogP contribution in [0.4, 0.5) is 0 Å². The van der Waals surface area contributed by atoms with Crippen LogP contribution in [0.5, 0.6) is 0 Å². The molecule has 150 valence electrons. The van der Waals surface area contributed by atoms with Crippen molar-refractivity contribution in [1.82, 2.24) is 15.5 Å². The number of nitrogens with zero attached hydrogens (tertiary/aromatic N) is 1. The number of likely N-dealkylation sites (tertiary alicyclic amines) is 1. The van der Waals surface area contributed by atoms with Gasteiger partial charge in [0.1, 0.15) is 6.54 Å². The van der Waals surface area contributed by atoms with Gasteiger partial charge in [0, 0.05) is 25.2 Å². The second-order valence-electron chi connectivity index (χ2n) is 7.29.